The predicted octanol–water partition coefficient (Wildman–Crippen LogP) is 2.50. The molecule has 3 aromatic rings. The lowest BCUT2D eigenvalue weighted by atomic mass is 10.0. The monoisotopic (exact) mass is 386 g/mol. The van der Waals surface area contributed by atoms with Gasteiger partial charge in [0.15, 0.2) is 5.16 Å². The number of fused-ring (bicyclic) bond motifs is 1. The second kappa shape index (κ2) is 6.44. The molecule has 5 nitrogen and oxygen atoms in total. The van der Waals surface area contributed by atoms with Gasteiger partial charge in [-0.3, -0.25) is 4.57 Å². The van der Waals surface area contributed by atoms with Gasteiger partial charge in [0, 0.05) is 16.5 Å². The second-order valence-corrected chi connectivity index (χ2v) is 6.40. The SMILES string of the molecule is N#Cc1ccc(-n2c(Br)cnc2SCC(=O)[O-])c2ccccc12. The van der Waals surface area contributed by atoms with E-state index in [9.17, 15) is 15.2 Å². The summed E-state index contributed by atoms with van der Waals surface area (Å²) in [5.41, 5.74) is 1.41. The molecule has 0 fully saturated rings. The van der Waals surface area contributed by atoms with E-state index in [0.717, 1.165) is 28.2 Å². The summed E-state index contributed by atoms with van der Waals surface area (Å²) in [6, 6.07) is 13.3. The molecule has 0 aliphatic carbocycles. The molecule has 0 atom stereocenters. The van der Waals surface area contributed by atoms with Crippen LogP contribution in [0, 0.1) is 11.3 Å². The molecule has 114 valence electrons. The molecule has 0 radical (unpaired) electrons. The van der Waals surface area contributed by atoms with Crippen molar-refractivity contribution in [2.24, 2.45) is 0 Å². The van der Waals surface area contributed by atoms with Crippen LogP contribution in [0.3, 0.4) is 0 Å². The number of hydrogen-bond donors (Lipinski definition) is 0. The van der Waals surface area contributed by atoms with Crippen molar-refractivity contribution in [2.45, 2.75) is 5.16 Å². The van der Waals surface area contributed by atoms with E-state index in [1.54, 1.807) is 12.3 Å². The van der Waals surface area contributed by atoms with E-state index in [1.807, 2.05) is 34.9 Å². The van der Waals surface area contributed by atoms with Crippen LogP contribution in [-0.4, -0.2) is 21.3 Å². The fourth-order valence-electron chi connectivity index (χ4n) is 2.33. The van der Waals surface area contributed by atoms with Crippen molar-refractivity contribution in [3.05, 3.63) is 52.8 Å². The van der Waals surface area contributed by atoms with E-state index in [1.165, 1.54) is 0 Å². The minimum Gasteiger partial charge on any atom is -0.549 e. The topological polar surface area (TPSA) is 81.7 Å². The van der Waals surface area contributed by atoms with Gasteiger partial charge in [0.1, 0.15) is 4.60 Å². The first-order chi connectivity index (χ1) is 11.1. The molecule has 0 unspecified atom stereocenters. The molecular weight excluding hydrogens is 378 g/mol. The number of benzene rings is 2. The summed E-state index contributed by atoms with van der Waals surface area (Å²) in [7, 11) is 0. The molecule has 0 spiro atoms. The first kappa shape index (κ1) is 15.6. The number of nitrogens with zero attached hydrogens (tertiary/aromatic N) is 3. The smallest absolute Gasteiger partial charge is 0.173 e. The zero-order chi connectivity index (χ0) is 16.4. The van der Waals surface area contributed by atoms with Crippen LogP contribution in [0.5, 0.6) is 0 Å². The van der Waals surface area contributed by atoms with Crippen LogP contribution in [0.2, 0.25) is 0 Å². The van der Waals surface area contributed by atoms with Crippen LogP contribution in [0.25, 0.3) is 16.5 Å². The Balaban J connectivity index is 2.20. The fraction of sp³-hybridized carbons (Fsp3) is 0.0625. The average Bonchev–Trinajstić information content (AvgIpc) is 2.92. The van der Waals surface area contributed by atoms with Gasteiger partial charge in [-0.2, -0.15) is 5.26 Å². The van der Waals surface area contributed by atoms with Gasteiger partial charge < -0.3 is 9.90 Å². The Hall–Kier alpha value is -2.30. The normalized spacial score (nSPS) is 10.6. The van der Waals surface area contributed by atoms with Crippen molar-refractivity contribution in [1.29, 1.82) is 5.26 Å². The van der Waals surface area contributed by atoms with E-state index in [-0.39, 0.29) is 5.75 Å². The maximum absolute atomic E-state index is 10.7. The molecule has 0 saturated carbocycles. The van der Waals surface area contributed by atoms with Crippen molar-refractivity contribution in [3.8, 4) is 11.8 Å². The van der Waals surface area contributed by atoms with Crippen LogP contribution in [0.4, 0.5) is 0 Å². The van der Waals surface area contributed by atoms with Gasteiger partial charge >= 0.3 is 0 Å². The van der Waals surface area contributed by atoms with Crippen molar-refractivity contribution in [1.82, 2.24) is 9.55 Å². The number of carbonyl (C=O) groups excluding carboxylic acids is 1. The second-order valence-electron chi connectivity index (χ2n) is 4.65. The number of carbonyl (C=O) groups is 1. The molecule has 0 saturated heterocycles. The van der Waals surface area contributed by atoms with E-state index in [0.29, 0.717) is 15.3 Å². The van der Waals surface area contributed by atoms with Crippen LogP contribution in [-0.2, 0) is 4.79 Å². The number of halogens is 1. The molecule has 1 aromatic heterocycles. The summed E-state index contributed by atoms with van der Waals surface area (Å²) in [6.07, 6.45) is 1.62. The Kier molecular flexibility index (Phi) is 4.37. The number of aromatic nitrogens is 2. The molecule has 0 aliphatic rings. The van der Waals surface area contributed by atoms with Crippen molar-refractivity contribution < 1.29 is 9.90 Å². The highest BCUT2D eigenvalue weighted by molar-refractivity contribution is 9.10. The number of nitriles is 1. The van der Waals surface area contributed by atoms with Crippen LogP contribution in [0.1, 0.15) is 5.56 Å². The number of hydrogen-bond acceptors (Lipinski definition) is 5. The molecule has 7 heteroatoms. The predicted molar refractivity (Wildman–Crippen MR) is 89.2 cm³/mol. The molecule has 2 aromatic carbocycles. The highest BCUT2D eigenvalue weighted by atomic mass is 79.9. The highest BCUT2D eigenvalue weighted by Crippen LogP contribution is 2.32. The van der Waals surface area contributed by atoms with Crippen molar-refractivity contribution in [2.75, 3.05) is 5.75 Å². The Bertz CT molecular complexity index is 946. The lowest BCUT2D eigenvalue weighted by Gasteiger charge is -2.13. The third-order valence-corrected chi connectivity index (χ3v) is 4.75. The molecule has 0 amide bonds. The van der Waals surface area contributed by atoms with Gasteiger partial charge in [0.05, 0.1) is 29.5 Å². The van der Waals surface area contributed by atoms with Gasteiger partial charge in [-0.05, 0) is 28.1 Å². The summed E-state index contributed by atoms with van der Waals surface area (Å²) < 4.78 is 2.52. The number of carboxylic acids is 1. The lowest BCUT2D eigenvalue weighted by Crippen LogP contribution is -2.24. The molecule has 3 rings (SSSR count). The third-order valence-electron chi connectivity index (χ3n) is 3.27. The maximum Gasteiger partial charge on any atom is 0.173 e. The van der Waals surface area contributed by atoms with E-state index < -0.39 is 5.97 Å². The van der Waals surface area contributed by atoms with E-state index in [4.69, 9.17) is 0 Å². The first-order valence-electron chi connectivity index (χ1n) is 6.60. The number of rotatable bonds is 4. The van der Waals surface area contributed by atoms with Crippen molar-refractivity contribution >= 4 is 44.4 Å². The number of aliphatic carboxylic acids is 1. The Morgan fingerprint density at radius 3 is 2.74 bits per heavy atom. The minimum absolute atomic E-state index is 0.183. The molecular formula is C16H9BrN3O2S-. The standard InChI is InChI=1S/C16H10BrN3O2S/c17-14-8-19-16(23-9-15(21)22)20(14)13-6-5-10(7-18)11-3-1-2-4-12(11)13/h1-6,8H,9H2,(H,21,22)/p-1. The van der Waals surface area contributed by atoms with Crippen molar-refractivity contribution in [3.63, 3.8) is 0 Å². The van der Waals surface area contributed by atoms with Gasteiger partial charge in [-0.15, -0.1) is 0 Å². The Labute approximate surface area is 144 Å². The van der Waals surface area contributed by atoms with Gasteiger partial charge in [-0.25, -0.2) is 4.98 Å². The van der Waals surface area contributed by atoms with Crippen LogP contribution in [0.15, 0.2) is 52.4 Å². The molecule has 1 heterocycles. The fourth-order valence-corrected chi connectivity index (χ4v) is 3.61. The first-order valence-corrected chi connectivity index (χ1v) is 8.38. The van der Waals surface area contributed by atoms with Gasteiger partial charge in [-0.1, -0.05) is 36.0 Å². The summed E-state index contributed by atoms with van der Waals surface area (Å²) >= 11 is 4.53. The zero-order valence-corrected chi connectivity index (χ0v) is 14.1. The van der Waals surface area contributed by atoms with Crippen LogP contribution < -0.4 is 5.11 Å². The lowest BCUT2D eigenvalue weighted by molar-refractivity contribution is -0.301. The van der Waals surface area contributed by atoms with E-state index in [2.05, 4.69) is 27.0 Å². The quantitative estimate of drug-likeness (QED) is 0.643. The molecule has 0 aliphatic heterocycles. The number of imidazole rings is 1. The average molecular weight is 387 g/mol. The van der Waals surface area contributed by atoms with Gasteiger partial charge in [0.2, 0.25) is 0 Å². The summed E-state index contributed by atoms with van der Waals surface area (Å²) in [4.78, 5) is 14.9. The summed E-state index contributed by atoms with van der Waals surface area (Å²) in [5.74, 6) is -1.33. The summed E-state index contributed by atoms with van der Waals surface area (Å²) in [6.45, 7) is 0. The largest absolute Gasteiger partial charge is 0.549 e. The highest BCUT2D eigenvalue weighted by Gasteiger charge is 2.14. The molecule has 0 N–H and O–H groups in total. The molecule has 23 heavy (non-hydrogen) atoms. The number of carboxylic acid groups (broad SMARTS) is 1. The third kappa shape index (κ3) is 2.96. The van der Waals surface area contributed by atoms with E-state index >= 15 is 0 Å². The zero-order valence-electron chi connectivity index (χ0n) is 11.7. The minimum atomic E-state index is -1.15. The Morgan fingerprint density at radius 2 is 2.04 bits per heavy atom. The number of thioether (sulfide) groups is 1. The van der Waals surface area contributed by atoms with Crippen LogP contribution >= 0.6 is 27.7 Å². The van der Waals surface area contributed by atoms with Gasteiger partial charge in [0.25, 0.3) is 0 Å². The Morgan fingerprint density at radius 1 is 1.30 bits per heavy atom. The maximum atomic E-state index is 10.7. The molecule has 0 bridgehead atoms. The summed E-state index contributed by atoms with van der Waals surface area (Å²) in [5, 5.41) is 22.2.